The second kappa shape index (κ2) is 6.35. The Bertz CT molecular complexity index is 407. The average molecular weight is 258 g/mol. The summed E-state index contributed by atoms with van der Waals surface area (Å²) in [5.74, 6) is 0.972. The average Bonchev–Trinajstić information content (AvgIpc) is 2.29. The first-order valence-corrected chi connectivity index (χ1v) is 5.71. The number of amides is 1. The van der Waals surface area contributed by atoms with Crippen molar-refractivity contribution >= 4 is 23.2 Å². The van der Waals surface area contributed by atoms with Crippen LogP contribution in [0.1, 0.15) is 19.8 Å². The highest BCUT2D eigenvalue weighted by Crippen LogP contribution is 2.35. The SMILES string of the molecule is CCCC(=O)Nc1cc(Cl)c(OC)cc1OC. The maximum atomic E-state index is 11.5. The zero-order valence-corrected chi connectivity index (χ0v) is 10.9. The number of methoxy groups -OCH3 is 2. The molecule has 0 spiro atoms. The van der Waals surface area contributed by atoms with Gasteiger partial charge in [0, 0.05) is 12.5 Å². The lowest BCUT2D eigenvalue weighted by molar-refractivity contribution is -0.116. The third-order valence-corrected chi connectivity index (χ3v) is 2.52. The van der Waals surface area contributed by atoms with Gasteiger partial charge in [0.2, 0.25) is 5.91 Å². The van der Waals surface area contributed by atoms with Crippen LogP contribution in [0, 0.1) is 0 Å². The Hall–Kier alpha value is -1.42. The van der Waals surface area contributed by atoms with Gasteiger partial charge in [-0.2, -0.15) is 0 Å². The second-order valence-corrected chi connectivity index (χ2v) is 3.89. The molecule has 1 amide bonds. The predicted molar refractivity (Wildman–Crippen MR) is 68.1 cm³/mol. The van der Waals surface area contributed by atoms with Crippen LogP contribution in [0.2, 0.25) is 5.02 Å². The van der Waals surface area contributed by atoms with Crippen LogP contribution in [-0.4, -0.2) is 20.1 Å². The Morgan fingerprint density at radius 3 is 2.47 bits per heavy atom. The third-order valence-electron chi connectivity index (χ3n) is 2.23. The van der Waals surface area contributed by atoms with E-state index in [9.17, 15) is 4.79 Å². The summed E-state index contributed by atoms with van der Waals surface area (Å²) in [7, 11) is 3.05. The van der Waals surface area contributed by atoms with Crippen LogP contribution in [0.15, 0.2) is 12.1 Å². The number of benzene rings is 1. The smallest absolute Gasteiger partial charge is 0.224 e. The Labute approximate surface area is 106 Å². The number of halogens is 1. The Balaban J connectivity index is 2.98. The Morgan fingerprint density at radius 1 is 1.29 bits per heavy atom. The minimum Gasteiger partial charge on any atom is -0.495 e. The quantitative estimate of drug-likeness (QED) is 0.882. The lowest BCUT2D eigenvalue weighted by Crippen LogP contribution is -2.11. The number of nitrogens with one attached hydrogen (secondary N) is 1. The van der Waals surface area contributed by atoms with Crippen LogP contribution in [0.4, 0.5) is 5.69 Å². The first-order valence-electron chi connectivity index (χ1n) is 5.33. The maximum Gasteiger partial charge on any atom is 0.224 e. The molecule has 1 aromatic rings. The number of carbonyl (C=O) groups is 1. The topological polar surface area (TPSA) is 47.6 Å². The molecule has 5 heteroatoms. The largest absolute Gasteiger partial charge is 0.495 e. The van der Waals surface area contributed by atoms with Gasteiger partial charge in [0.15, 0.2) is 0 Å². The molecule has 0 aliphatic carbocycles. The lowest BCUT2D eigenvalue weighted by atomic mass is 10.2. The van der Waals surface area contributed by atoms with Crippen molar-refractivity contribution in [2.24, 2.45) is 0 Å². The monoisotopic (exact) mass is 257 g/mol. The molecule has 0 saturated heterocycles. The molecule has 0 aromatic heterocycles. The molecule has 0 unspecified atom stereocenters. The highest BCUT2D eigenvalue weighted by molar-refractivity contribution is 6.32. The molecule has 0 aliphatic rings. The number of hydrogen-bond donors (Lipinski definition) is 1. The number of hydrogen-bond acceptors (Lipinski definition) is 3. The first-order chi connectivity index (χ1) is 8.12. The molecule has 0 atom stereocenters. The molecule has 4 nitrogen and oxygen atoms in total. The number of anilines is 1. The summed E-state index contributed by atoms with van der Waals surface area (Å²) < 4.78 is 10.2. The summed E-state index contributed by atoms with van der Waals surface area (Å²) in [6, 6.07) is 3.26. The van der Waals surface area contributed by atoms with Gasteiger partial charge in [-0.25, -0.2) is 0 Å². The fourth-order valence-electron chi connectivity index (χ4n) is 1.40. The highest BCUT2D eigenvalue weighted by atomic mass is 35.5. The van der Waals surface area contributed by atoms with E-state index >= 15 is 0 Å². The van der Waals surface area contributed by atoms with E-state index in [0.717, 1.165) is 6.42 Å². The lowest BCUT2D eigenvalue weighted by Gasteiger charge is -2.12. The minimum atomic E-state index is -0.0629. The van der Waals surface area contributed by atoms with E-state index in [2.05, 4.69) is 5.32 Å². The molecule has 17 heavy (non-hydrogen) atoms. The predicted octanol–water partition coefficient (Wildman–Crippen LogP) is 3.10. The third kappa shape index (κ3) is 3.53. The van der Waals surface area contributed by atoms with Crippen LogP contribution in [0.3, 0.4) is 0 Å². The molecular formula is C12H16ClNO3. The molecule has 0 fully saturated rings. The van der Waals surface area contributed by atoms with E-state index in [1.807, 2.05) is 6.92 Å². The number of carbonyl (C=O) groups excluding carboxylic acids is 1. The van der Waals surface area contributed by atoms with Gasteiger partial charge in [0.05, 0.1) is 24.9 Å². The van der Waals surface area contributed by atoms with Gasteiger partial charge in [-0.3, -0.25) is 4.79 Å². The van der Waals surface area contributed by atoms with E-state index in [0.29, 0.717) is 28.6 Å². The van der Waals surface area contributed by atoms with E-state index in [1.165, 1.54) is 14.2 Å². The fraction of sp³-hybridized carbons (Fsp3) is 0.417. The van der Waals surface area contributed by atoms with E-state index in [4.69, 9.17) is 21.1 Å². The van der Waals surface area contributed by atoms with Crippen molar-refractivity contribution in [3.05, 3.63) is 17.2 Å². The molecule has 0 saturated carbocycles. The van der Waals surface area contributed by atoms with Crippen LogP contribution < -0.4 is 14.8 Å². The van der Waals surface area contributed by atoms with Crippen LogP contribution in [0.5, 0.6) is 11.5 Å². The van der Waals surface area contributed by atoms with Gasteiger partial charge in [-0.15, -0.1) is 0 Å². The van der Waals surface area contributed by atoms with E-state index in [1.54, 1.807) is 12.1 Å². The minimum absolute atomic E-state index is 0.0629. The number of rotatable bonds is 5. The summed E-state index contributed by atoms with van der Waals surface area (Å²) in [4.78, 5) is 11.5. The van der Waals surface area contributed by atoms with Crippen molar-refractivity contribution in [2.45, 2.75) is 19.8 Å². The van der Waals surface area contributed by atoms with Crippen LogP contribution in [-0.2, 0) is 4.79 Å². The van der Waals surface area contributed by atoms with Crippen molar-refractivity contribution in [3.63, 3.8) is 0 Å². The summed E-state index contributed by atoms with van der Waals surface area (Å²) in [5.41, 5.74) is 0.553. The van der Waals surface area contributed by atoms with Gasteiger partial charge in [-0.05, 0) is 12.5 Å². The Kier molecular flexibility index (Phi) is 5.10. The van der Waals surface area contributed by atoms with Crippen molar-refractivity contribution in [3.8, 4) is 11.5 Å². The normalized spacial score (nSPS) is 9.88. The van der Waals surface area contributed by atoms with Gasteiger partial charge in [0.25, 0.3) is 0 Å². The van der Waals surface area contributed by atoms with E-state index < -0.39 is 0 Å². The van der Waals surface area contributed by atoms with Crippen LogP contribution in [0.25, 0.3) is 0 Å². The summed E-state index contributed by atoms with van der Waals surface area (Å²) in [5, 5.41) is 3.18. The number of ether oxygens (including phenoxy) is 2. The fourth-order valence-corrected chi connectivity index (χ4v) is 1.64. The molecule has 1 aromatic carbocycles. The molecule has 1 N–H and O–H groups in total. The molecule has 0 bridgehead atoms. The van der Waals surface area contributed by atoms with Gasteiger partial charge < -0.3 is 14.8 Å². The van der Waals surface area contributed by atoms with Crippen molar-refractivity contribution in [1.82, 2.24) is 0 Å². The second-order valence-electron chi connectivity index (χ2n) is 3.49. The summed E-state index contributed by atoms with van der Waals surface area (Å²) in [6.07, 6.45) is 1.25. The van der Waals surface area contributed by atoms with Crippen molar-refractivity contribution in [1.29, 1.82) is 0 Å². The zero-order chi connectivity index (χ0) is 12.8. The summed E-state index contributed by atoms with van der Waals surface area (Å²) >= 11 is 5.99. The Morgan fingerprint density at radius 2 is 1.94 bits per heavy atom. The highest BCUT2D eigenvalue weighted by Gasteiger charge is 2.11. The van der Waals surface area contributed by atoms with Gasteiger partial charge in [0.1, 0.15) is 11.5 Å². The molecule has 94 valence electrons. The van der Waals surface area contributed by atoms with E-state index in [-0.39, 0.29) is 5.91 Å². The van der Waals surface area contributed by atoms with Crippen molar-refractivity contribution in [2.75, 3.05) is 19.5 Å². The first kappa shape index (κ1) is 13.6. The van der Waals surface area contributed by atoms with Gasteiger partial charge in [-0.1, -0.05) is 18.5 Å². The zero-order valence-electron chi connectivity index (χ0n) is 10.2. The maximum absolute atomic E-state index is 11.5. The molecule has 1 rings (SSSR count). The van der Waals surface area contributed by atoms with Gasteiger partial charge >= 0.3 is 0 Å². The molecular weight excluding hydrogens is 242 g/mol. The standard InChI is InChI=1S/C12H16ClNO3/c1-4-5-12(15)14-9-6-8(13)10(16-2)7-11(9)17-3/h6-7H,4-5H2,1-3H3,(H,14,15). The summed E-state index contributed by atoms with van der Waals surface area (Å²) in [6.45, 7) is 1.94. The van der Waals surface area contributed by atoms with Crippen LogP contribution >= 0.6 is 11.6 Å². The molecule has 0 heterocycles. The molecule has 0 aliphatic heterocycles. The molecule has 0 radical (unpaired) electrons. The van der Waals surface area contributed by atoms with Crippen molar-refractivity contribution < 1.29 is 14.3 Å².